The minimum Gasteiger partial charge on any atom is -0.481 e. The summed E-state index contributed by atoms with van der Waals surface area (Å²) in [7, 11) is 0. The number of carbonyl (C=O) groups is 1. The van der Waals surface area contributed by atoms with Crippen LogP contribution in [0.2, 0.25) is 0 Å². The normalized spacial score (nSPS) is 19.9. The third-order valence-corrected chi connectivity index (χ3v) is 3.04. The van der Waals surface area contributed by atoms with Crippen molar-refractivity contribution in [2.45, 2.75) is 45.1 Å². The van der Waals surface area contributed by atoms with E-state index in [0.29, 0.717) is 12.3 Å². The molecule has 2 rings (SSSR count). The van der Waals surface area contributed by atoms with Gasteiger partial charge in [-0.05, 0) is 18.8 Å². The minimum absolute atomic E-state index is 0.177. The molecule has 4 heteroatoms. The number of hydrogen-bond acceptors (Lipinski definition) is 2. The fourth-order valence-electron chi connectivity index (χ4n) is 2.30. The van der Waals surface area contributed by atoms with Crippen molar-refractivity contribution in [1.29, 1.82) is 0 Å². The number of imidazole rings is 1. The number of rotatable bonds is 3. The van der Waals surface area contributed by atoms with Crippen LogP contribution in [0.15, 0.2) is 6.33 Å². The molecule has 0 radical (unpaired) electrons. The number of aliphatic carboxylic acids is 1. The van der Waals surface area contributed by atoms with Gasteiger partial charge in [-0.15, -0.1) is 0 Å². The lowest BCUT2D eigenvalue weighted by molar-refractivity contribution is -0.136. The van der Waals surface area contributed by atoms with Crippen molar-refractivity contribution in [2.75, 3.05) is 0 Å². The Hall–Kier alpha value is -1.32. The highest BCUT2D eigenvalue weighted by atomic mass is 16.4. The first-order chi connectivity index (χ1) is 7.18. The van der Waals surface area contributed by atoms with Crippen LogP contribution in [0.25, 0.3) is 0 Å². The summed E-state index contributed by atoms with van der Waals surface area (Å²) in [6.07, 6.45) is 4.97. The second-order valence-electron chi connectivity index (χ2n) is 4.21. The monoisotopic (exact) mass is 208 g/mol. The molecule has 1 aromatic rings. The number of carboxylic acid groups (broad SMARTS) is 1. The third kappa shape index (κ3) is 2.03. The van der Waals surface area contributed by atoms with Gasteiger partial charge in [0.15, 0.2) is 0 Å². The lowest BCUT2D eigenvalue weighted by atomic mass is 9.95. The van der Waals surface area contributed by atoms with Crippen molar-refractivity contribution in [3.8, 4) is 0 Å². The summed E-state index contributed by atoms with van der Waals surface area (Å²) < 4.78 is 2.17. The maximum atomic E-state index is 10.5. The van der Waals surface area contributed by atoms with E-state index >= 15 is 0 Å². The molecule has 0 aliphatic carbocycles. The summed E-state index contributed by atoms with van der Waals surface area (Å²) in [5, 5.41) is 8.65. The zero-order valence-corrected chi connectivity index (χ0v) is 8.94. The highest BCUT2D eigenvalue weighted by Gasteiger charge is 2.21. The summed E-state index contributed by atoms with van der Waals surface area (Å²) in [6.45, 7) is 3.22. The molecule has 1 unspecified atom stereocenters. The van der Waals surface area contributed by atoms with E-state index in [2.05, 4.69) is 16.5 Å². The molecule has 15 heavy (non-hydrogen) atoms. The first-order valence-corrected chi connectivity index (χ1v) is 5.44. The van der Waals surface area contributed by atoms with Crippen molar-refractivity contribution in [3.63, 3.8) is 0 Å². The van der Waals surface area contributed by atoms with Gasteiger partial charge >= 0.3 is 5.97 Å². The van der Waals surface area contributed by atoms with Gasteiger partial charge in [0.1, 0.15) is 0 Å². The van der Waals surface area contributed by atoms with E-state index in [9.17, 15) is 4.79 Å². The molecule has 1 aliphatic rings. The predicted molar refractivity (Wildman–Crippen MR) is 55.8 cm³/mol. The molecule has 82 valence electrons. The van der Waals surface area contributed by atoms with Crippen molar-refractivity contribution >= 4 is 5.97 Å². The molecule has 0 fully saturated rings. The van der Waals surface area contributed by atoms with Gasteiger partial charge < -0.3 is 9.67 Å². The number of aryl methyl sites for hydroxylation is 2. The molecule has 1 atom stereocenters. The number of hydrogen-bond donors (Lipinski definition) is 1. The lowest BCUT2D eigenvalue weighted by Crippen LogP contribution is -2.14. The van der Waals surface area contributed by atoms with E-state index < -0.39 is 5.97 Å². The fourth-order valence-corrected chi connectivity index (χ4v) is 2.30. The van der Waals surface area contributed by atoms with Crippen molar-refractivity contribution in [1.82, 2.24) is 9.55 Å². The lowest BCUT2D eigenvalue weighted by Gasteiger charge is -2.21. The average molecular weight is 208 g/mol. The Morgan fingerprint density at radius 2 is 2.53 bits per heavy atom. The molecule has 0 saturated heterocycles. The summed E-state index contributed by atoms with van der Waals surface area (Å²) in [6, 6.07) is 0. The number of aromatic nitrogens is 2. The van der Waals surface area contributed by atoms with Crippen LogP contribution in [0.4, 0.5) is 0 Å². The molecule has 0 bridgehead atoms. The maximum Gasteiger partial charge on any atom is 0.303 e. The van der Waals surface area contributed by atoms with Gasteiger partial charge in [-0.3, -0.25) is 4.79 Å². The standard InChI is InChI=1S/C11H16N2O2/c1-8-3-2-6-13-7-12-9(11(8)13)4-5-10(14)15/h7-8H,2-6H2,1H3,(H,14,15). The molecule has 1 N–H and O–H groups in total. The van der Waals surface area contributed by atoms with Crippen LogP contribution < -0.4 is 0 Å². The minimum atomic E-state index is -0.750. The first kappa shape index (κ1) is 10.2. The number of fused-ring (bicyclic) bond motifs is 1. The van der Waals surface area contributed by atoms with Crippen LogP contribution in [0.3, 0.4) is 0 Å². The highest BCUT2D eigenvalue weighted by Crippen LogP contribution is 2.29. The molecular weight excluding hydrogens is 192 g/mol. The number of nitrogens with zero attached hydrogens (tertiary/aromatic N) is 2. The van der Waals surface area contributed by atoms with Crippen molar-refractivity contribution in [3.05, 3.63) is 17.7 Å². The Balaban J connectivity index is 2.18. The van der Waals surface area contributed by atoms with Crippen LogP contribution in [-0.4, -0.2) is 20.6 Å². The quantitative estimate of drug-likeness (QED) is 0.824. The van der Waals surface area contributed by atoms with E-state index in [1.807, 2.05) is 6.33 Å². The zero-order chi connectivity index (χ0) is 10.8. The SMILES string of the molecule is CC1CCCn2cnc(CCC(=O)O)c21. The molecule has 4 nitrogen and oxygen atoms in total. The van der Waals surface area contributed by atoms with Crippen LogP contribution in [0.5, 0.6) is 0 Å². The number of carboxylic acids is 1. The van der Waals surface area contributed by atoms with E-state index in [1.165, 1.54) is 18.5 Å². The molecule has 0 amide bonds. The van der Waals surface area contributed by atoms with Crippen LogP contribution in [-0.2, 0) is 17.8 Å². The van der Waals surface area contributed by atoms with Gasteiger partial charge in [-0.1, -0.05) is 6.92 Å². The highest BCUT2D eigenvalue weighted by molar-refractivity contribution is 5.67. The van der Waals surface area contributed by atoms with Gasteiger partial charge in [0.05, 0.1) is 18.4 Å². The van der Waals surface area contributed by atoms with E-state index in [4.69, 9.17) is 5.11 Å². The molecule has 2 heterocycles. The second-order valence-corrected chi connectivity index (χ2v) is 4.21. The molecule has 1 aliphatic heterocycles. The molecule has 1 aromatic heterocycles. The molecule has 0 saturated carbocycles. The summed E-state index contributed by atoms with van der Waals surface area (Å²) >= 11 is 0. The first-order valence-electron chi connectivity index (χ1n) is 5.44. The van der Waals surface area contributed by atoms with Crippen molar-refractivity contribution < 1.29 is 9.90 Å². The van der Waals surface area contributed by atoms with Crippen LogP contribution >= 0.6 is 0 Å². The van der Waals surface area contributed by atoms with Gasteiger partial charge in [0.2, 0.25) is 0 Å². The topological polar surface area (TPSA) is 55.1 Å². The smallest absolute Gasteiger partial charge is 0.303 e. The second kappa shape index (κ2) is 4.04. The maximum absolute atomic E-state index is 10.5. The van der Waals surface area contributed by atoms with E-state index in [0.717, 1.165) is 12.2 Å². The summed E-state index contributed by atoms with van der Waals surface area (Å²) in [5.41, 5.74) is 2.23. The Bertz CT molecular complexity index is 371. The van der Waals surface area contributed by atoms with Gasteiger partial charge in [0, 0.05) is 18.7 Å². The Kier molecular flexibility index (Phi) is 2.75. The van der Waals surface area contributed by atoms with Crippen molar-refractivity contribution in [2.24, 2.45) is 0 Å². The molecular formula is C11H16N2O2. The zero-order valence-electron chi connectivity index (χ0n) is 8.94. The molecule has 0 spiro atoms. The van der Waals surface area contributed by atoms with E-state index in [-0.39, 0.29) is 6.42 Å². The van der Waals surface area contributed by atoms with Gasteiger partial charge in [-0.2, -0.15) is 0 Å². The average Bonchev–Trinajstić information content (AvgIpc) is 2.59. The largest absolute Gasteiger partial charge is 0.481 e. The van der Waals surface area contributed by atoms with Crippen LogP contribution in [0, 0.1) is 0 Å². The Morgan fingerprint density at radius 3 is 3.27 bits per heavy atom. The van der Waals surface area contributed by atoms with Crippen LogP contribution in [0.1, 0.15) is 43.5 Å². The Labute approximate surface area is 88.9 Å². The summed E-state index contributed by atoms with van der Waals surface area (Å²) in [4.78, 5) is 14.8. The third-order valence-electron chi connectivity index (χ3n) is 3.04. The summed E-state index contributed by atoms with van der Waals surface area (Å²) in [5.74, 6) is -0.231. The molecule has 0 aromatic carbocycles. The Morgan fingerprint density at radius 1 is 1.73 bits per heavy atom. The van der Waals surface area contributed by atoms with Gasteiger partial charge in [0.25, 0.3) is 0 Å². The fraction of sp³-hybridized carbons (Fsp3) is 0.636. The van der Waals surface area contributed by atoms with Gasteiger partial charge in [-0.25, -0.2) is 4.98 Å². The predicted octanol–water partition coefficient (Wildman–Crippen LogP) is 1.80. The van der Waals surface area contributed by atoms with E-state index in [1.54, 1.807) is 0 Å².